The van der Waals surface area contributed by atoms with E-state index in [-0.39, 0.29) is 5.91 Å². The first kappa shape index (κ1) is 27.0. The summed E-state index contributed by atoms with van der Waals surface area (Å²) in [7, 11) is 6.72. The first-order valence-corrected chi connectivity index (χ1v) is 12.5. The van der Waals surface area contributed by atoms with E-state index in [0.29, 0.717) is 46.1 Å². The Hall–Kier alpha value is -4.07. The topological polar surface area (TPSA) is 116 Å². The molecular weight excluding hydrogens is 506 g/mol. The molecule has 198 valence electrons. The average molecular weight is 536 g/mol. The zero-order valence-corrected chi connectivity index (χ0v) is 22.6. The molecule has 0 atom stereocenters. The predicted molar refractivity (Wildman–Crippen MR) is 147 cm³/mol. The first-order chi connectivity index (χ1) is 18.3. The lowest BCUT2D eigenvalue weighted by Gasteiger charge is -2.21. The maximum absolute atomic E-state index is 12.2. The number of amides is 1. The first-order valence-electron chi connectivity index (χ1n) is 12.1. The second kappa shape index (κ2) is 12.0. The van der Waals surface area contributed by atoms with E-state index in [1.54, 1.807) is 51.4 Å². The number of hydrogen-bond acceptors (Lipinski definition) is 9. The van der Waals surface area contributed by atoms with Crippen molar-refractivity contribution in [1.82, 2.24) is 19.8 Å². The van der Waals surface area contributed by atoms with Crippen molar-refractivity contribution in [2.24, 2.45) is 0 Å². The lowest BCUT2D eigenvalue weighted by Crippen LogP contribution is -2.37. The van der Waals surface area contributed by atoms with Gasteiger partial charge >= 0.3 is 0 Å². The van der Waals surface area contributed by atoms with Gasteiger partial charge in [-0.15, -0.1) is 0 Å². The van der Waals surface area contributed by atoms with E-state index < -0.39 is 0 Å². The summed E-state index contributed by atoms with van der Waals surface area (Å²) in [4.78, 5) is 24.9. The maximum Gasteiger partial charge on any atom is 0.236 e. The lowest BCUT2D eigenvalue weighted by molar-refractivity contribution is -0.129. The van der Waals surface area contributed by atoms with Crippen molar-refractivity contribution in [1.29, 1.82) is 5.26 Å². The Labute approximate surface area is 227 Å². The second-order valence-corrected chi connectivity index (χ2v) is 9.46. The van der Waals surface area contributed by atoms with Crippen molar-refractivity contribution >= 4 is 40.6 Å². The molecule has 1 aliphatic heterocycles. The van der Waals surface area contributed by atoms with E-state index in [9.17, 15) is 10.1 Å². The van der Waals surface area contributed by atoms with Crippen LogP contribution in [0.4, 0.5) is 23.1 Å². The molecule has 0 spiro atoms. The molecule has 1 aliphatic rings. The third-order valence-corrected chi connectivity index (χ3v) is 6.62. The fourth-order valence-corrected chi connectivity index (χ4v) is 4.34. The van der Waals surface area contributed by atoms with Crippen LogP contribution in [0, 0.1) is 11.3 Å². The summed E-state index contributed by atoms with van der Waals surface area (Å²) in [6.07, 6.45) is 3.12. The van der Waals surface area contributed by atoms with E-state index in [2.05, 4.69) is 37.6 Å². The van der Waals surface area contributed by atoms with Gasteiger partial charge in [0.2, 0.25) is 11.9 Å². The number of methoxy groups -OCH3 is 2. The zero-order chi connectivity index (χ0) is 27.2. The molecule has 0 saturated carbocycles. The van der Waals surface area contributed by atoms with Crippen LogP contribution in [0.2, 0.25) is 5.02 Å². The largest absolute Gasteiger partial charge is 0.495 e. The van der Waals surface area contributed by atoms with Crippen molar-refractivity contribution in [3.8, 4) is 17.6 Å². The van der Waals surface area contributed by atoms with Gasteiger partial charge in [0.25, 0.3) is 0 Å². The summed E-state index contributed by atoms with van der Waals surface area (Å²) in [5, 5.41) is 16.0. The summed E-state index contributed by atoms with van der Waals surface area (Å²) in [6.45, 7) is 1.99. The third kappa shape index (κ3) is 6.25. The second-order valence-electron chi connectivity index (χ2n) is 9.05. The molecule has 2 aromatic carbocycles. The van der Waals surface area contributed by atoms with E-state index in [1.807, 2.05) is 6.07 Å². The molecule has 2 N–H and O–H groups in total. The number of hydrogen-bond donors (Lipinski definition) is 2. The Morgan fingerprint density at radius 2 is 1.76 bits per heavy atom. The minimum absolute atomic E-state index is 0.0946. The van der Waals surface area contributed by atoms with Gasteiger partial charge in [0.1, 0.15) is 16.5 Å². The molecular formula is C27H30ClN7O3. The number of likely N-dealkylation sites (N-methyl/N-ethyl adjacent to an activating group) is 1. The molecule has 2 heterocycles. The van der Waals surface area contributed by atoms with Crippen LogP contribution in [0.25, 0.3) is 0 Å². The Bertz CT molecular complexity index is 1370. The standard InChI is InChI=1S/C27H30ClN7O3/c1-34(2)25(36)16-35-9-7-18-12-22(24(38-4)13-19(18)8-10-35)32-27-30-15-20(28)26(33-27)31-21-11-17(14-29)5-6-23(21)37-3/h5-6,11-13,15H,7-10,16H2,1-4H3,(H2,30,31,32,33). The van der Waals surface area contributed by atoms with Crippen LogP contribution in [0.15, 0.2) is 36.5 Å². The number of anilines is 4. The molecule has 0 bridgehead atoms. The summed E-state index contributed by atoms with van der Waals surface area (Å²) >= 11 is 6.38. The monoisotopic (exact) mass is 535 g/mol. The summed E-state index contributed by atoms with van der Waals surface area (Å²) in [5.74, 6) is 1.97. The molecule has 10 nitrogen and oxygen atoms in total. The number of nitriles is 1. The number of nitrogens with one attached hydrogen (secondary N) is 2. The van der Waals surface area contributed by atoms with Crippen LogP contribution in [0.3, 0.4) is 0 Å². The van der Waals surface area contributed by atoms with Gasteiger partial charge in [-0.25, -0.2) is 4.98 Å². The maximum atomic E-state index is 12.2. The third-order valence-electron chi connectivity index (χ3n) is 6.35. The van der Waals surface area contributed by atoms with Crippen molar-refractivity contribution in [2.45, 2.75) is 12.8 Å². The zero-order valence-electron chi connectivity index (χ0n) is 21.8. The molecule has 3 aromatic rings. The number of nitrogens with zero attached hydrogens (tertiary/aromatic N) is 5. The van der Waals surface area contributed by atoms with Gasteiger partial charge in [0.05, 0.1) is 50.0 Å². The number of ether oxygens (including phenoxy) is 2. The number of carbonyl (C=O) groups excluding carboxylic acids is 1. The smallest absolute Gasteiger partial charge is 0.236 e. The molecule has 0 aliphatic carbocycles. The molecule has 38 heavy (non-hydrogen) atoms. The fourth-order valence-electron chi connectivity index (χ4n) is 4.20. The van der Waals surface area contributed by atoms with Gasteiger partial charge in [-0.1, -0.05) is 11.6 Å². The highest BCUT2D eigenvalue weighted by atomic mass is 35.5. The molecule has 11 heteroatoms. The number of halogens is 1. The van der Waals surface area contributed by atoms with Gasteiger partial charge in [-0.3, -0.25) is 9.69 Å². The van der Waals surface area contributed by atoms with Crippen LogP contribution in [0.5, 0.6) is 11.5 Å². The quantitative estimate of drug-likeness (QED) is 0.441. The van der Waals surface area contributed by atoms with Gasteiger partial charge < -0.3 is 25.0 Å². The SMILES string of the molecule is COc1cc2c(cc1Nc1ncc(Cl)c(Nc3cc(C#N)ccc3OC)n1)CCN(CC(=O)N(C)C)CC2. The van der Waals surface area contributed by atoms with E-state index >= 15 is 0 Å². The highest BCUT2D eigenvalue weighted by Crippen LogP contribution is 2.34. The van der Waals surface area contributed by atoms with Crippen LogP contribution >= 0.6 is 11.6 Å². The van der Waals surface area contributed by atoms with Gasteiger partial charge in [0, 0.05) is 27.2 Å². The molecule has 4 rings (SSSR count). The molecule has 1 amide bonds. The summed E-state index contributed by atoms with van der Waals surface area (Å²) in [5.41, 5.74) is 4.12. The Morgan fingerprint density at radius 1 is 1.08 bits per heavy atom. The summed E-state index contributed by atoms with van der Waals surface area (Å²) in [6, 6.07) is 11.2. The van der Waals surface area contributed by atoms with Crippen LogP contribution in [0.1, 0.15) is 16.7 Å². The molecule has 0 unspecified atom stereocenters. The number of rotatable bonds is 8. The van der Waals surface area contributed by atoms with Crippen molar-refractivity contribution in [2.75, 3.05) is 58.6 Å². The van der Waals surface area contributed by atoms with Gasteiger partial charge in [0.15, 0.2) is 5.82 Å². The molecule has 0 saturated heterocycles. The van der Waals surface area contributed by atoms with Crippen LogP contribution in [-0.4, -0.2) is 73.6 Å². The fraction of sp³-hybridized carbons (Fsp3) is 0.333. The number of aromatic nitrogens is 2. The lowest BCUT2D eigenvalue weighted by atomic mass is 10.0. The average Bonchev–Trinajstić information content (AvgIpc) is 3.11. The van der Waals surface area contributed by atoms with E-state index in [4.69, 9.17) is 21.1 Å². The van der Waals surface area contributed by atoms with E-state index in [0.717, 1.165) is 31.6 Å². The van der Waals surface area contributed by atoms with Crippen molar-refractivity contribution in [3.63, 3.8) is 0 Å². The van der Waals surface area contributed by atoms with Gasteiger partial charge in [-0.2, -0.15) is 10.2 Å². The Kier molecular flexibility index (Phi) is 8.51. The number of fused-ring (bicyclic) bond motifs is 1. The van der Waals surface area contributed by atoms with Gasteiger partial charge in [-0.05, 0) is 54.3 Å². The van der Waals surface area contributed by atoms with Crippen LogP contribution in [-0.2, 0) is 17.6 Å². The summed E-state index contributed by atoms with van der Waals surface area (Å²) < 4.78 is 11.1. The number of benzene rings is 2. The highest BCUT2D eigenvalue weighted by molar-refractivity contribution is 6.33. The normalized spacial score (nSPS) is 13.1. The van der Waals surface area contributed by atoms with Crippen molar-refractivity contribution in [3.05, 3.63) is 58.2 Å². The minimum atomic E-state index is 0.0946. The Morgan fingerprint density at radius 3 is 2.42 bits per heavy atom. The Balaban J connectivity index is 1.56. The molecule has 0 fully saturated rings. The van der Waals surface area contributed by atoms with Crippen LogP contribution < -0.4 is 20.1 Å². The van der Waals surface area contributed by atoms with Crippen molar-refractivity contribution < 1.29 is 14.3 Å². The van der Waals surface area contributed by atoms with E-state index in [1.165, 1.54) is 17.3 Å². The molecule has 0 radical (unpaired) electrons. The number of carbonyl (C=O) groups is 1. The predicted octanol–water partition coefficient (Wildman–Crippen LogP) is 3.99. The molecule has 1 aromatic heterocycles. The highest BCUT2D eigenvalue weighted by Gasteiger charge is 2.20. The minimum Gasteiger partial charge on any atom is -0.495 e.